The second kappa shape index (κ2) is 7.18. The van der Waals surface area contributed by atoms with Gasteiger partial charge in [-0.3, -0.25) is 4.57 Å². The minimum Gasteiger partial charge on any atom is -0.436 e. The van der Waals surface area contributed by atoms with Crippen molar-refractivity contribution in [2.75, 3.05) is 13.2 Å². The molecule has 0 amide bonds. The minimum atomic E-state index is -3.45. The molecule has 0 bridgehead atoms. The van der Waals surface area contributed by atoms with Crippen LogP contribution in [0.1, 0.15) is 0 Å². The topological polar surface area (TPSA) is 44.8 Å². The van der Waals surface area contributed by atoms with E-state index in [9.17, 15) is 4.57 Å². The average molecular weight is 342 g/mol. The highest BCUT2D eigenvalue weighted by atomic mass is 31.2. The maximum absolute atomic E-state index is 13.8. The van der Waals surface area contributed by atoms with Gasteiger partial charge in [-0.2, -0.15) is 0 Å². The van der Waals surface area contributed by atoms with Crippen LogP contribution < -0.4 is 9.83 Å². The van der Waals surface area contributed by atoms with Gasteiger partial charge >= 0.3 is 7.37 Å². The number of para-hydroxylation sites is 1. The third-order valence-electron chi connectivity index (χ3n) is 3.64. The highest BCUT2D eigenvalue weighted by molar-refractivity contribution is 7.68. The zero-order valence-corrected chi connectivity index (χ0v) is 14.2. The highest BCUT2D eigenvalue weighted by Crippen LogP contribution is 2.58. The lowest BCUT2D eigenvalue weighted by Crippen LogP contribution is -2.30. The molecule has 1 atom stereocenters. The van der Waals surface area contributed by atoms with Crippen molar-refractivity contribution >= 4 is 12.7 Å². The van der Waals surface area contributed by atoms with Crippen LogP contribution in [0.4, 0.5) is 0 Å². The first-order valence-corrected chi connectivity index (χ1v) is 9.33. The zero-order valence-electron chi connectivity index (χ0n) is 13.3. The standard InChI is InChI=1S/C19H19O4P/c1-3-13-21-19(22-14-4-2)24(20)18-12-8-6-10-16(18)15-9-5-7-11-17(15)23-24/h3-12,19H,1-2,13-14H2. The molecule has 3 rings (SSSR count). The summed E-state index contributed by atoms with van der Waals surface area (Å²) in [6, 6.07) is 14.0. The van der Waals surface area contributed by atoms with E-state index in [1.807, 2.05) is 36.4 Å². The van der Waals surface area contributed by atoms with Crippen LogP contribution >= 0.6 is 7.37 Å². The van der Waals surface area contributed by atoms with E-state index in [1.165, 1.54) is 0 Å². The number of benzene rings is 2. The molecule has 4 nitrogen and oxygen atoms in total. The summed E-state index contributed by atoms with van der Waals surface area (Å²) in [5.74, 6) is 0.564. The molecular formula is C19H19O4P. The van der Waals surface area contributed by atoms with Crippen LogP contribution in [-0.2, 0) is 14.0 Å². The van der Waals surface area contributed by atoms with Gasteiger partial charge in [0.05, 0.1) is 18.5 Å². The van der Waals surface area contributed by atoms with Crippen molar-refractivity contribution in [3.63, 3.8) is 0 Å². The summed E-state index contributed by atoms with van der Waals surface area (Å²) in [6.07, 6.45) is 3.17. The maximum Gasteiger partial charge on any atom is 0.332 e. The molecule has 1 aliphatic heterocycles. The van der Waals surface area contributed by atoms with Crippen molar-refractivity contribution < 1.29 is 18.6 Å². The monoisotopic (exact) mass is 342 g/mol. The van der Waals surface area contributed by atoms with E-state index in [1.54, 1.807) is 24.3 Å². The molecule has 124 valence electrons. The fraction of sp³-hybridized carbons (Fsp3) is 0.158. The molecule has 0 N–H and O–H groups in total. The van der Waals surface area contributed by atoms with Crippen LogP contribution in [-0.4, -0.2) is 19.2 Å². The lowest BCUT2D eigenvalue weighted by Gasteiger charge is -2.33. The molecule has 1 aliphatic rings. The van der Waals surface area contributed by atoms with Gasteiger partial charge in [-0.25, -0.2) is 0 Å². The largest absolute Gasteiger partial charge is 0.436 e. The van der Waals surface area contributed by atoms with Gasteiger partial charge < -0.3 is 14.0 Å². The molecule has 0 radical (unpaired) electrons. The molecule has 0 aromatic heterocycles. The lowest BCUT2D eigenvalue weighted by molar-refractivity contribution is -0.0749. The average Bonchev–Trinajstić information content (AvgIpc) is 2.62. The SMILES string of the molecule is C=CCOC(OCC=C)P1(=O)Oc2ccccc2-c2ccccc21. The molecule has 0 fully saturated rings. The molecule has 0 saturated heterocycles. The first-order valence-electron chi connectivity index (χ1n) is 7.64. The fourth-order valence-corrected chi connectivity index (χ4v) is 4.89. The van der Waals surface area contributed by atoms with E-state index >= 15 is 0 Å². The Hall–Kier alpha value is -2.13. The minimum absolute atomic E-state index is 0.207. The number of ether oxygens (including phenoxy) is 2. The van der Waals surface area contributed by atoms with Gasteiger partial charge in [-0.15, -0.1) is 13.2 Å². The Kier molecular flexibility index (Phi) is 5.00. The summed E-state index contributed by atoms with van der Waals surface area (Å²) in [7, 11) is -3.45. The Bertz CT molecular complexity index is 787. The summed E-state index contributed by atoms with van der Waals surface area (Å²) in [4.78, 5) is 0. The van der Waals surface area contributed by atoms with E-state index < -0.39 is 13.4 Å². The smallest absolute Gasteiger partial charge is 0.332 e. The molecule has 24 heavy (non-hydrogen) atoms. The van der Waals surface area contributed by atoms with Crippen molar-refractivity contribution in [1.29, 1.82) is 0 Å². The van der Waals surface area contributed by atoms with E-state index in [2.05, 4.69) is 13.2 Å². The van der Waals surface area contributed by atoms with Crippen molar-refractivity contribution in [3.8, 4) is 16.9 Å². The molecule has 1 heterocycles. The summed E-state index contributed by atoms with van der Waals surface area (Å²) < 4.78 is 31.0. The lowest BCUT2D eigenvalue weighted by atomic mass is 10.0. The van der Waals surface area contributed by atoms with Gasteiger partial charge in [0.15, 0.2) is 0 Å². The molecule has 1 unspecified atom stereocenters. The van der Waals surface area contributed by atoms with Crippen LogP contribution in [0.5, 0.6) is 5.75 Å². The molecular weight excluding hydrogens is 323 g/mol. The predicted octanol–water partition coefficient (Wildman–Crippen LogP) is 4.34. The zero-order chi connectivity index (χ0) is 17.0. The summed E-state index contributed by atoms with van der Waals surface area (Å²) in [6.45, 7) is 7.67. The Morgan fingerprint density at radius 3 is 2.21 bits per heavy atom. The van der Waals surface area contributed by atoms with Gasteiger partial charge in [0.2, 0.25) is 0 Å². The molecule has 0 aliphatic carbocycles. The molecule has 2 aromatic rings. The Labute approximate surface area is 141 Å². The molecule has 0 spiro atoms. The van der Waals surface area contributed by atoms with E-state index in [0.29, 0.717) is 11.1 Å². The van der Waals surface area contributed by atoms with E-state index in [0.717, 1.165) is 11.1 Å². The maximum atomic E-state index is 13.8. The fourth-order valence-electron chi connectivity index (χ4n) is 2.64. The Morgan fingerprint density at radius 1 is 0.958 bits per heavy atom. The van der Waals surface area contributed by atoms with Gasteiger partial charge in [0.25, 0.3) is 6.03 Å². The van der Waals surface area contributed by atoms with Crippen molar-refractivity contribution in [2.24, 2.45) is 0 Å². The Balaban J connectivity index is 2.10. The number of rotatable bonds is 7. The van der Waals surface area contributed by atoms with Crippen LogP contribution in [0.25, 0.3) is 11.1 Å². The molecule has 2 aromatic carbocycles. The Morgan fingerprint density at radius 2 is 1.54 bits per heavy atom. The predicted molar refractivity (Wildman–Crippen MR) is 95.8 cm³/mol. The second-order valence-corrected chi connectivity index (χ2v) is 7.53. The normalized spacial score (nSPS) is 18.4. The van der Waals surface area contributed by atoms with Crippen molar-refractivity contribution in [1.82, 2.24) is 0 Å². The molecule has 0 saturated carbocycles. The van der Waals surface area contributed by atoms with E-state index in [-0.39, 0.29) is 13.2 Å². The quantitative estimate of drug-likeness (QED) is 0.427. The van der Waals surface area contributed by atoms with Gasteiger partial charge in [0.1, 0.15) is 5.75 Å². The van der Waals surface area contributed by atoms with Gasteiger partial charge in [-0.1, -0.05) is 48.6 Å². The number of hydrogen-bond donors (Lipinski definition) is 0. The van der Waals surface area contributed by atoms with Crippen LogP contribution in [0.15, 0.2) is 73.8 Å². The first-order chi connectivity index (χ1) is 11.7. The highest BCUT2D eigenvalue weighted by Gasteiger charge is 2.44. The third-order valence-corrected chi connectivity index (χ3v) is 6.02. The number of hydrogen-bond acceptors (Lipinski definition) is 4. The number of fused-ring (bicyclic) bond motifs is 3. The summed E-state index contributed by atoms with van der Waals surface area (Å²) >= 11 is 0. The van der Waals surface area contributed by atoms with Crippen molar-refractivity contribution in [3.05, 3.63) is 73.8 Å². The molecule has 5 heteroatoms. The van der Waals surface area contributed by atoms with Gasteiger partial charge in [-0.05, 0) is 17.7 Å². The second-order valence-electron chi connectivity index (χ2n) is 5.25. The van der Waals surface area contributed by atoms with Crippen LogP contribution in [0, 0.1) is 0 Å². The van der Waals surface area contributed by atoms with E-state index in [4.69, 9.17) is 14.0 Å². The third kappa shape index (κ3) is 2.96. The first kappa shape index (κ1) is 16.7. The van der Waals surface area contributed by atoms with Crippen molar-refractivity contribution in [2.45, 2.75) is 6.03 Å². The van der Waals surface area contributed by atoms with Crippen LogP contribution in [0.3, 0.4) is 0 Å². The van der Waals surface area contributed by atoms with Gasteiger partial charge in [0, 0.05) is 5.56 Å². The van der Waals surface area contributed by atoms with Crippen LogP contribution in [0.2, 0.25) is 0 Å². The summed E-state index contributed by atoms with van der Waals surface area (Å²) in [5, 5.41) is 0.599. The summed E-state index contributed by atoms with van der Waals surface area (Å²) in [5.41, 5.74) is 1.78.